The fourth-order valence-electron chi connectivity index (χ4n) is 4.33. The molecule has 38 heavy (non-hydrogen) atoms. The van der Waals surface area contributed by atoms with Crippen LogP contribution in [0.2, 0.25) is 5.02 Å². The Kier molecular flexibility index (Phi) is 9.26. The molecule has 200 valence electrons. The minimum absolute atomic E-state index is 0.0617. The van der Waals surface area contributed by atoms with Crippen molar-refractivity contribution in [2.75, 3.05) is 40.0 Å². The van der Waals surface area contributed by atoms with Gasteiger partial charge in [0.25, 0.3) is 5.91 Å². The predicted octanol–water partition coefficient (Wildman–Crippen LogP) is 4.75. The maximum atomic E-state index is 13.4. The molecule has 3 aromatic carbocycles. The summed E-state index contributed by atoms with van der Waals surface area (Å²) in [4.78, 5) is 29.8. The Morgan fingerprint density at radius 1 is 1.00 bits per heavy atom. The number of amides is 2. The van der Waals surface area contributed by atoms with Crippen LogP contribution in [0.15, 0.2) is 78.9 Å². The zero-order valence-electron chi connectivity index (χ0n) is 21.8. The summed E-state index contributed by atoms with van der Waals surface area (Å²) in [6.45, 7) is 3.28. The minimum atomic E-state index is -1.02. The molecule has 1 saturated heterocycles. The predicted molar refractivity (Wildman–Crippen MR) is 146 cm³/mol. The minimum Gasteiger partial charge on any atom is -0.490 e. The summed E-state index contributed by atoms with van der Waals surface area (Å²) in [5.74, 6) is 0.976. The van der Waals surface area contributed by atoms with Gasteiger partial charge in [-0.1, -0.05) is 60.1 Å². The van der Waals surface area contributed by atoms with Crippen LogP contribution in [-0.2, 0) is 20.9 Å². The SMILES string of the molecule is Cc1cc(OC[C@@]2(CC(=O)N(C)Cc3ccccc3)CN(C(=O)COc3ccccc3)CCO2)ccc1Cl. The molecule has 0 N–H and O–H groups in total. The van der Waals surface area contributed by atoms with E-state index < -0.39 is 5.60 Å². The van der Waals surface area contributed by atoms with Crippen LogP contribution in [0.5, 0.6) is 11.5 Å². The number of halogens is 1. The third kappa shape index (κ3) is 7.49. The van der Waals surface area contributed by atoms with Gasteiger partial charge < -0.3 is 24.0 Å². The molecular formula is C30H33ClN2O5. The second-order valence-electron chi connectivity index (χ2n) is 9.56. The lowest BCUT2D eigenvalue weighted by molar-refractivity contribution is -0.166. The first-order chi connectivity index (χ1) is 18.3. The van der Waals surface area contributed by atoms with Crippen LogP contribution in [-0.4, -0.2) is 67.2 Å². The van der Waals surface area contributed by atoms with Crippen LogP contribution in [0, 0.1) is 6.92 Å². The first-order valence-corrected chi connectivity index (χ1v) is 13.0. The van der Waals surface area contributed by atoms with Crippen molar-refractivity contribution >= 4 is 23.4 Å². The van der Waals surface area contributed by atoms with Gasteiger partial charge in [-0.05, 0) is 48.4 Å². The summed E-state index contributed by atoms with van der Waals surface area (Å²) in [5.41, 5.74) is 0.900. The molecule has 1 fully saturated rings. The highest BCUT2D eigenvalue weighted by molar-refractivity contribution is 6.31. The van der Waals surface area contributed by atoms with Crippen LogP contribution in [0.25, 0.3) is 0 Å². The first kappa shape index (κ1) is 27.5. The number of benzene rings is 3. The van der Waals surface area contributed by atoms with Crippen molar-refractivity contribution in [2.45, 2.75) is 25.5 Å². The van der Waals surface area contributed by atoms with E-state index >= 15 is 0 Å². The van der Waals surface area contributed by atoms with E-state index in [-0.39, 0.29) is 44.6 Å². The van der Waals surface area contributed by atoms with Gasteiger partial charge in [0.1, 0.15) is 23.7 Å². The molecule has 1 aliphatic rings. The molecule has 3 aromatic rings. The van der Waals surface area contributed by atoms with E-state index in [0.29, 0.717) is 29.6 Å². The van der Waals surface area contributed by atoms with Gasteiger partial charge in [0.05, 0.1) is 19.6 Å². The number of carbonyl (C=O) groups is 2. The maximum absolute atomic E-state index is 13.4. The van der Waals surface area contributed by atoms with Gasteiger partial charge in [-0.25, -0.2) is 0 Å². The highest BCUT2D eigenvalue weighted by Crippen LogP contribution is 2.27. The second-order valence-corrected chi connectivity index (χ2v) is 9.97. The maximum Gasteiger partial charge on any atom is 0.260 e. The van der Waals surface area contributed by atoms with Crippen LogP contribution in [0.4, 0.5) is 0 Å². The van der Waals surface area contributed by atoms with Crippen LogP contribution < -0.4 is 9.47 Å². The molecule has 0 saturated carbocycles. The molecule has 0 aliphatic carbocycles. The molecule has 1 heterocycles. The van der Waals surface area contributed by atoms with Gasteiger partial charge in [-0.15, -0.1) is 0 Å². The zero-order chi connectivity index (χ0) is 27.0. The highest BCUT2D eigenvalue weighted by Gasteiger charge is 2.42. The lowest BCUT2D eigenvalue weighted by atomic mass is 9.96. The van der Waals surface area contributed by atoms with E-state index in [2.05, 4.69) is 0 Å². The Morgan fingerprint density at radius 3 is 2.42 bits per heavy atom. The van der Waals surface area contributed by atoms with Crippen molar-refractivity contribution in [3.05, 3.63) is 95.0 Å². The summed E-state index contributed by atoms with van der Waals surface area (Å²) < 4.78 is 18.0. The molecule has 0 aromatic heterocycles. The number of hydrogen-bond donors (Lipinski definition) is 0. The number of hydrogen-bond acceptors (Lipinski definition) is 5. The fourth-order valence-corrected chi connectivity index (χ4v) is 4.45. The van der Waals surface area contributed by atoms with E-state index in [1.54, 1.807) is 41.1 Å². The van der Waals surface area contributed by atoms with Crippen molar-refractivity contribution in [3.8, 4) is 11.5 Å². The van der Waals surface area contributed by atoms with Crippen molar-refractivity contribution in [1.29, 1.82) is 0 Å². The van der Waals surface area contributed by atoms with Crippen molar-refractivity contribution in [3.63, 3.8) is 0 Å². The highest BCUT2D eigenvalue weighted by atomic mass is 35.5. The summed E-state index contributed by atoms with van der Waals surface area (Å²) in [7, 11) is 1.77. The number of para-hydroxylation sites is 1. The Bertz CT molecular complexity index is 1220. The Hall–Kier alpha value is -3.55. The number of morpholine rings is 1. The second kappa shape index (κ2) is 12.8. The molecule has 7 nitrogen and oxygen atoms in total. The molecule has 8 heteroatoms. The number of rotatable bonds is 10. The molecule has 2 amide bonds. The van der Waals surface area contributed by atoms with Gasteiger partial charge >= 0.3 is 0 Å². The summed E-state index contributed by atoms with van der Waals surface area (Å²) in [6, 6.07) is 24.4. The number of carbonyl (C=O) groups excluding carboxylic acids is 2. The van der Waals surface area contributed by atoms with E-state index in [9.17, 15) is 9.59 Å². The fraction of sp³-hybridized carbons (Fsp3) is 0.333. The average molecular weight is 537 g/mol. The van der Waals surface area contributed by atoms with E-state index in [4.69, 9.17) is 25.8 Å². The number of ether oxygens (including phenoxy) is 3. The Balaban J connectivity index is 1.47. The molecule has 4 rings (SSSR count). The Labute approximate surface area is 228 Å². The van der Waals surface area contributed by atoms with Crippen LogP contribution in [0.1, 0.15) is 17.5 Å². The standard InChI is InChI=1S/C30H33ClN2O5/c1-23-17-26(13-14-27(23)31)37-22-30(18-28(34)32(2)19-24-9-5-3-6-10-24)21-33(15-16-38-30)29(35)20-36-25-11-7-4-8-12-25/h3-14,17H,15-16,18-22H2,1-2H3/t30-/m1/s1. The topological polar surface area (TPSA) is 68.3 Å². The van der Waals surface area contributed by atoms with E-state index in [0.717, 1.165) is 11.1 Å². The Morgan fingerprint density at radius 2 is 1.71 bits per heavy atom. The lowest BCUT2D eigenvalue weighted by Gasteiger charge is -2.42. The first-order valence-electron chi connectivity index (χ1n) is 12.6. The average Bonchev–Trinajstić information content (AvgIpc) is 2.93. The van der Waals surface area contributed by atoms with Crippen molar-refractivity contribution in [2.24, 2.45) is 0 Å². The summed E-state index contributed by atoms with van der Waals surface area (Å²) >= 11 is 6.17. The van der Waals surface area contributed by atoms with Gasteiger partial charge in [0.2, 0.25) is 5.91 Å². The molecule has 0 radical (unpaired) electrons. The third-order valence-electron chi connectivity index (χ3n) is 6.50. The van der Waals surface area contributed by atoms with Gasteiger partial charge in [-0.2, -0.15) is 0 Å². The summed E-state index contributed by atoms with van der Waals surface area (Å²) in [6.07, 6.45) is 0.0617. The molecule has 1 atom stereocenters. The third-order valence-corrected chi connectivity index (χ3v) is 6.92. The smallest absolute Gasteiger partial charge is 0.260 e. The van der Waals surface area contributed by atoms with Gasteiger partial charge in [0.15, 0.2) is 6.61 Å². The van der Waals surface area contributed by atoms with E-state index in [1.165, 1.54) is 0 Å². The molecule has 0 unspecified atom stereocenters. The molecule has 1 aliphatic heterocycles. The molecular weight excluding hydrogens is 504 g/mol. The monoisotopic (exact) mass is 536 g/mol. The van der Waals surface area contributed by atoms with Crippen molar-refractivity contribution in [1.82, 2.24) is 9.80 Å². The summed E-state index contributed by atoms with van der Waals surface area (Å²) in [5, 5.41) is 0.647. The zero-order valence-corrected chi connectivity index (χ0v) is 22.5. The molecule has 0 spiro atoms. The van der Waals surface area contributed by atoms with Crippen molar-refractivity contribution < 1.29 is 23.8 Å². The van der Waals surface area contributed by atoms with Crippen LogP contribution >= 0.6 is 11.6 Å². The van der Waals surface area contributed by atoms with E-state index in [1.807, 2.05) is 61.5 Å². The normalized spacial score (nSPS) is 17.1. The quantitative estimate of drug-likeness (QED) is 0.374. The number of aryl methyl sites for hydroxylation is 1. The largest absolute Gasteiger partial charge is 0.490 e. The number of nitrogens with zero attached hydrogens (tertiary/aromatic N) is 2. The van der Waals surface area contributed by atoms with Gasteiger partial charge in [-0.3, -0.25) is 9.59 Å². The van der Waals surface area contributed by atoms with Crippen LogP contribution in [0.3, 0.4) is 0 Å². The lowest BCUT2D eigenvalue weighted by Crippen LogP contribution is -2.58. The molecule has 0 bridgehead atoms. The van der Waals surface area contributed by atoms with Gasteiger partial charge in [0, 0.05) is 25.2 Å².